The number of nitrogens with one attached hydrogen (secondary N) is 1. The van der Waals surface area contributed by atoms with Crippen molar-refractivity contribution in [3.05, 3.63) is 30.5 Å². The molecule has 5 nitrogen and oxygen atoms in total. The molecule has 1 heterocycles. The molecule has 146 valence electrons. The van der Waals surface area contributed by atoms with E-state index in [0.29, 0.717) is 29.0 Å². The molecule has 0 amide bonds. The van der Waals surface area contributed by atoms with Gasteiger partial charge in [0.2, 0.25) is 11.8 Å². The van der Waals surface area contributed by atoms with E-state index in [-0.39, 0.29) is 5.75 Å². The fourth-order valence-electron chi connectivity index (χ4n) is 3.21. The summed E-state index contributed by atoms with van der Waals surface area (Å²) in [4.78, 5) is 8.75. The van der Waals surface area contributed by atoms with Gasteiger partial charge in [0, 0.05) is 12.2 Å². The molecule has 0 unspecified atom stereocenters. The van der Waals surface area contributed by atoms with Crippen LogP contribution < -0.4 is 14.8 Å². The van der Waals surface area contributed by atoms with Gasteiger partial charge in [-0.3, -0.25) is 0 Å². The van der Waals surface area contributed by atoms with Crippen molar-refractivity contribution in [2.24, 2.45) is 5.92 Å². The van der Waals surface area contributed by atoms with Gasteiger partial charge in [0.1, 0.15) is 5.75 Å². The number of ether oxygens (including phenoxy) is 2. The molecular formula is C19H22F3N3O2. The Bertz CT molecular complexity index is 758. The second-order valence-electron chi connectivity index (χ2n) is 6.79. The van der Waals surface area contributed by atoms with E-state index in [9.17, 15) is 13.2 Å². The van der Waals surface area contributed by atoms with Gasteiger partial charge in [-0.05, 0) is 49.3 Å². The summed E-state index contributed by atoms with van der Waals surface area (Å²) in [6.07, 6.45) is 1.41. The Hall–Kier alpha value is -2.51. The SMILES string of the molecule is COc1nc(N[C@H]2CC[C@H](C)CC2)ncc1-c1ccc(OC(F)(F)F)cc1. The van der Waals surface area contributed by atoms with Crippen LogP contribution in [0.2, 0.25) is 0 Å². The molecule has 8 heteroatoms. The number of alkyl halides is 3. The van der Waals surface area contributed by atoms with Crippen LogP contribution in [0.15, 0.2) is 30.5 Å². The summed E-state index contributed by atoms with van der Waals surface area (Å²) in [6, 6.07) is 5.86. The van der Waals surface area contributed by atoms with Crippen LogP contribution in [0, 0.1) is 5.92 Å². The van der Waals surface area contributed by atoms with Crippen molar-refractivity contribution < 1.29 is 22.6 Å². The average molecular weight is 381 g/mol. The van der Waals surface area contributed by atoms with E-state index in [1.54, 1.807) is 6.20 Å². The van der Waals surface area contributed by atoms with Gasteiger partial charge < -0.3 is 14.8 Å². The quantitative estimate of drug-likeness (QED) is 0.786. The van der Waals surface area contributed by atoms with E-state index in [1.807, 2.05) is 0 Å². The molecule has 1 saturated carbocycles. The van der Waals surface area contributed by atoms with Crippen molar-refractivity contribution >= 4 is 5.95 Å². The van der Waals surface area contributed by atoms with E-state index < -0.39 is 6.36 Å². The number of anilines is 1. The van der Waals surface area contributed by atoms with Crippen molar-refractivity contribution in [3.8, 4) is 22.8 Å². The first-order valence-corrected chi connectivity index (χ1v) is 8.88. The van der Waals surface area contributed by atoms with Crippen LogP contribution in [0.1, 0.15) is 32.6 Å². The minimum absolute atomic E-state index is 0.282. The molecule has 1 N–H and O–H groups in total. The van der Waals surface area contributed by atoms with Gasteiger partial charge in [-0.1, -0.05) is 19.1 Å². The highest BCUT2D eigenvalue weighted by atomic mass is 19.4. The molecule has 3 rings (SSSR count). The lowest BCUT2D eigenvalue weighted by molar-refractivity contribution is -0.274. The Kier molecular flexibility index (Phi) is 5.72. The smallest absolute Gasteiger partial charge is 0.480 e. The summed E-state index contributed by atoms with van der Waals surface area (Å²) < 4.78 is 46.1. The molecule has 1 aromatic carbocycles. The van der Waals surface area contributed by atoms with Crippen molar-refractivity contribution in [2.45, 2.75) is 45.0 Å². The van der Waals surface area contributed by atoms with Crippen molar-refractivity contribution in [2.75, 3.05) is 12.4 Å². The predicted molar refractivity (Wildman–Crippen MR) is 95.7 cm³/mol. The van der Waals surface area contributed by atoms with Gasteiger partial charge >= 0.3 is 6.36 Å². The molecule has 0 spiro atoms. The molecule has 0 radical (unpaired) electrons. The summed E-state index contributed by atoms with van der Waals surface area (Å²) in [5, 5.41) is 3.34. The van der Waals surface area contributed by atoms with E-state index in [2.05, 4.69) is 26.9 Å². The second kappa shape index (κ2) is 8.02. The number of halogens is 3. The molecule has 0 saturated heterocycles. The maximum absolute atomic E-state index is 12.3. The van der Waals surface area contributed by atoms with Crippen molar-refractivity contribution in [1.82, 2.24) is 9.97 Å². The Balaban J connectivity index is 1.74. The summed E-state index contributed by atoms with van der Waals surface area (Å²) in [5.41, 5.74) is 1.23. The molecule has 1 aromatic heterocycles. The number of hydrogen-bond acceptors (Lipinski definition) is 5. The number of methoxy groups -OCH3 is 1. The third kappa shape index (κ3) is 5.24. The first-order chi connectivity index (χ1) is 12.8. The maximum Gasteiger partial charge on any atom is 0.573 e. The summed E-state index contributed by atoms with van der Waals surface area (Å²) in [5.74, 6) is 1.33. The lowest BCUT2D eigenvalue weighted by Crippen LogP contribution is -2.26. The molecule has 0 atom stereocenters. The first-order valence-electron chi connectivity index (χ1n) is 8.88. The van der Waals surface area contributed by atoms with E-state index in [0.717, 1.165) is 18.8 Å². The molecule has 1 aliphatic rings. The summed E-state index contributed by atoms with van der Waals surface area (Å²) in [6.45, 7) is 2.26. The topological polar surface area (TPSA) is 56.3 Å². The highest BCUT2D eigenvalue weighted by molar-refractivity contribution is 5.69. The fraction of sp³-hybridized carbons (Fsp3) is 0.474. The van der Waals surface area contributed by atoms with Crippen LogP contribution in [0.5, 0.6) is 11.6 Å². The van der Waals surface area contributed by atoms with E-state index in [4.69, 9.17) is 4.74 Å². The van der Waals surface area contributed by atoms with Crippen LogP contribution >= 0.6 is 0 Å². The second-order valence-corrected chi connectivity index (χ2v) is 6.79. The number of nitrogens with zero attached hydrogens (tertiary/aromatic N) is 2. The van der Waals surface area contributed by atoms with Gasteiger partial charge in [-0.2, -0.15) is 4.98 Å². The Morgan fingerprint density at radius 2 is 1.74 bits per heavy atom. The van der Waals surface area contributed by atoms with Gasteiger partial charge in [0.05, 0.1) is 12.7 Å². The predicted octanol–water partition coefficient (Wildman–Crippen LogP) is 5.04. The molecule has 1 fully saturated rings. The summed E-state index contributed by atoms with van der Waals surface area (Å²) >= 11 is 0. The van der Waals surface area contributed by atoms with Crippen molar-refractivity contribution in [1.29, 1.82) is 0 Å². The number of rotatable bonds is 5. The van der Waals surface area contributed by atoms with Gasteiger partial charge in [-0.15, -0.1) is 13.2 Å². The minimum Gasteiger partial charge on any atom is -0.480 e. The van der Waals surface area contributed by atoms with Gasteiger partial charge in [0.15, 0.2) is 0 Å². The third-order valence-electron chi connectivity index (χ3n) is 4.70. The highest BCUT2D eigenvalue weighted by Crippen LogP contribution is 2.32. The third-order valence-corrected chi connectivity index (χ3v) is 4.70. The van der Waals surface area contributed by atoms with Gasteiger partial charge in [0.25, 0.3) is 0 Å². The number of benzene rings is 1. The van der Waals surface area contributed by atoms with Crippen LogP contribution in [-0.4, -0.2) is 29.5 Å². The number of hydrogen-bond donors (Lipinski definition) is 1. The van der Waals surface area contributed by atoms with Crippen LogP contribution in [0.25, 0.3) is 11.1 Å². The Morgan fingerprint density at radius 3 is 2.33 bits per heavy atom. The molecule has 1 aliphatic carbocycles. The molecule has 27 heavy (non-hydrogen) atoms. The van der Waals surface area contributed by atoms with Crippen LogP contribution in [0.4, 0.5) is 19.1 Å². The lowest BCUT2D eigenvalue weighted by atomic mass is 9.87. The van der Waals surface area contributed by atoms with Crippen LogP contribution in [0.3, 0.4) is 0 Å². The van der Waals surface area contributed by atoms with Crippen molar-refractivity contribution in [3.63, 3.8) is 0 Å². The van der Waals surface area contributed by atoms with Gasteiger partial charge in [-0.25, -0.2) is 4.98 Å². The summed E-state index contributed by atoms with van der Waals surface area (Å²) in [7, 11) is 1.50. The Labute approximate surface area is 155 Å². The Morgan fingerprint density at radius 1 is 1.07 bits per heavy atom. The zero-order valence-electron chi connectivity index (χ0n) is 15.2. The average Bonchev–Trinajstić information content (AvgIpc) is 2.63. The fourth-order valence-corrected chi connectivity index (χ4v) is 3.21. The largest absolute Gasteiger partial charge is 0.573 e. The molecule has 0 bridgehead atoms. The molecule has 0 aliphatic heterocycles. The molecular weight excluding hydrogens is 359 g/mol. The highest BCUT2D eigenvalue weighted by Gasteiger charge is 2.31. The zero-order chi connectivity index (χ0) is 19.4. The first kappa shape index (κ1) is 19.3. The molecule has 2 aromatic rings. The normalized spacial score (nSPS) is 20.2. The number of aromatic nitrogens is 2. The zero-order valence-corrected chi connectivity index (χ0v) is 15.2. The van der Waals surface area contributed by atoms with E-state index >= 15 is 0 Å². The maximum atomic E-state index is 12.3. The van der Waals surface area contributed by atoms with E-state index in [1.165, 1.54) is 44.2 Å². The standard InChI is InChI=1S/C19H22F3N3O2/c1-12-3-7-14(8-4-12)24-18-23-11-16(17(25-18)26-2)13-5-9-15(10-6-13)27-19(20,21)22/h5-6,9-12,14H,3-4,7-8H2,1-2H3,(H,23,24,25)/t12-,14-. The monoisotopic (exact) mass is 381 g/mol. The lowest BCUT2D eigenvalue weighted by Gasteiger charge is -2.27. The minimum atomic E-state index is -4.72. The van der Waals surface area contributed by atoms with Crippen LogP contribution in [-0.2, 0) is 0 Å².